The molecule has 3 N–H and O–H groups in total. The van der Waals surface area contributed by atoms with E-state index < -0.39 is 4.92 Å². The molecule has 5 heteroatoms. The number of nitro benzene ring substituents is 1. The molecule has 1 aromatic carbocycles. The predicted molar refractivity (Wildman–Crippen MR) is 72.6 cm³/mol. The molecule has 0 bridgehead atoms. The molecule has 2 rings (SSSR count). The standard InChI is InChI=1S/C13H19N3O2/c1-2-10(7-9-3-4-9)15-13-6-5-11(16(17)18)8-12(13)14/h5-6,8-10,15H,2-4,7,14H2,1H3. The maximum Gasteiger partial charge on any atom is 0.271 e. The molecule has 0 aliphatic heterocycles. The zero-order valence-corrected chi connectivity index (χ0v) is 10.6. The molecule has 0 heterocycles. The van der Waals surface area contributed by atoms with Gasteiger partial charge in [-0.2, -0.15) is 0 Å². The third-order valence-corrected chi connectivity index (χ3v) is 3.41. The van der Waals surface area contributed by atoms with E-state index in [1.54, 1.807) is 6.07 Å². The summed E-state index contributed by atoms with van der Waals surface area (Å²) < 4.78 is 0. The second kappa shape index (κ2) is 5.25. The van der Waals surface area contributed by atoms with Crippen molar-refractivity contribution in [3.8, 4) is 0 Å². The highest BCUT2D eigenvalue weighted by molar-refractivity contribution is 5.69. The van der Waals surface area contributed by atoms with Crippen LogP contribution in [0.25, 0.3) is 0 Å². The van der Waals surface area contributed by atoms with Crippen LogP contribution in [0, 0.1) is 16.0 Å². The highest BCUT2D eigenvalue weighted by atomic mass is 16.6. The molecular formula is C13H19N3O2. The summed E-state index contributed by atoms with van der Waals surface area (Å²) in [6.07, 6.45) is 4.85. The molecule has 0 amide bonds. The number of nitrogens with zero attached hydrogens (tertiary/aromatic N) is 1. The monoisotopic (exact) mass is 249 g/mol. The molecule has 0 aromatic heterocycles. The van der Waals surface area contributed by atoms with E-state index in [2.05, 4.69) is 12.2 Å². The van der Waals surface area contributed by atoms with Crippen LogP contribution in [0.5, 0.6) is 0 Å². The van der Waals surface area contributed by atoms with Gasteiger partial charge >= 0.3 is 0 Å². The molecule has 98 valence electrons. The fourth-order valence-corrected chi connectivity index (χ4v) is 2.10. The number of hydrogen-bond donors (Lipinski definition) is 2. The van der Waals surface area contributed by atoms with E-state index in [1.165, 1.54) is 25.0 Å². The molecule has 1 aliphatic carbocycles. The quantitative estimate of drug-likeness (QED) is 0.461. The molecule has 1 unspecified atom stereocenters. The Morgan fingerprint density at radius 1 is 1.56 bits per heavy atom. The highest BCUT2D eigenvalue weighted by Gasteiger charge is 2.25. The molecule has 1 atom stereocenters. The Labute approximate surface area is 107 Å². The minimum absolute atomic E-state index is 0.0355. The van der Waals surface area contributed by atoms with Crippen LogP contribution >= 0.6 is 0 Å². The Bertz CT molecular complexity index is 444. The first kappa shape index (κ1) is 12.7. The van der Waals surface area contributed by atoms with Crippen LogP contribution in [0.3, 0.4) is 0 Å². The SMILES string of the molecule is CCC(CC1CC1)Nc1ccc([N+](=O)[O-])cc1N. The van der Waals surface area contributed by atoms with Crippen LogP contribution in [-0.4, -0.2) is 11.0 Å². The number of anilines is 2. The minimum Gasteiger partial charge on any atom is -0.397 e. The molecule has 1 fully saturated rings. The number of non-ortho nitro benzene ring substituents is 1. The summed E-state index contributed by atoms with van der Waals surface area (Å²) in [5, 5.41) is 14.0. The van der Waals surface area contributed by atoms with Crippen molar-refractivity contribution < 1.29 is 4.92 Å². The van der Waals surface area contributed by atoms with Crippen molar-refractivity contribution in [2.45, 2.75) is 38.6 Å². The largest absolute Gasteiger partial charge is 0.397 e. The molecule has 18 heavy (non-hydrogen) atoms. The van der Waals surface area contributed by atoms with Crippen molar-refractivity contribution in [2.24, 2.45) is 5.92 Å². The molecule has 0 spiro atoms. The molecule has 1 aromatic rings. The minimum atomic E-state index is -0.429. The summed E-state index contributed by atoms with van der Waals surface area (Å²) in [5.41, 5.74) is 7.12. The zero-order chi connectivity index (χ0) is 13.1. The van der Waals surface area contributed by atoms with Crippen molar-refractivity contribution >= 4 is 17.1 Å². The summed E-state index contributed by atoms with van der Waals surface area (Å²) in [4.78, 5) is 10.2. The molecule has 0 radical (unpaired) electrons. The van der Waals surface area contributed by atoms with Crippen molar-refractivity contribution in [1.82, 2.24) is 0 Å². The van der Waals surface area contributed by atoms with E-state index >= 15 is 0 Å². The van der Waals surface area contributed by atoms with Crippen LogP contribution in [0.15, 0.2) is 18.2 Å². The van der Waals surface area contributed by atoms with Gasteiger partial charge in [-0.25, -0.2) is 0 Å². The van der Waals surface area contributed by atoms with E-state index in [9.17, 15) is 10.1 Å². The van der Waals surface area contributed by atoms with Crippen molar-refractivity contribution in [3.63, 3.8) is 0 Å². The topological polar surface area (TPSA) is 81.2 Å². The predicted octanol–water partition coefficient (Wildman–Crippen LogP) is 3.17. The maximum atomic E-state index is 10.6. The Morgan fingerprint density at radius 3 is 2.78 bits per heavy atom. The third kappa shape index (κ3) is 3.12. The first-order chi connectivity index (χ1) is 8.60. The lowest BCUT2D eigenvalue weighted by molar-refractivity contribution is -0.384. The van der Waals surface area contributed by atoms with Crippen LogP contribution in [0.2, 0.25) is 0 Å². The average molecular weight is 249 g/mol. The van der Waals surface area contributed by atoms with Crippen molar-refractivity contribution in [3.05, 3.63) is 28.3 Å². The summed E-state index contributed by atoms with van der Waals surface area (Å²) in [6, 6.07) is 5.00. The van der Waals surface area contributed by atoms with Gasteiger partial charge in [-0.05, 0) is 24.8 Å². The summed E-state index contributed by atoms with van der Waals surface area (Å²) in [6.45, 7) is 2.14. The van der Waals surface area contributed by atoms with Crippen LogP contribution < -0.4 is 11.1 Å². The van der Waals surface area contributed by atoms with Gasteiger partial charge in [0, 0.05) is 18.2 Å². The van der Waals surface area contributed by atoms with Gasteiger partial charge in [-0.3, -0.25) is 10.1 Å². The van der Waals surface area contributed by atoms with E-state index in [0.29, 0.717) is 11.7 Å². The van der Waals surface area contributed by atoms with Crippen molar-refractivity contribution in [2.75, 3.05) is 11.1 Å². The van der Waals surface area contributed by atoms with Gasteiger partial charge in [0.05, 0.1) is 16.3 Å². The van der Waals surface area contributed by atoms with Crippen LogP contribution in [0.4, 0.5) is 17.1 Å². The highest BCUT2D eigenvalue weighted by Crippen LogP contribution is 2.35. The maximum absolute atomic E-state index is 10.6. The Balaban J connectivity index is 2.05. The Morgan fingerprint density at radius 2 is 2.28 bits per heavy atom. The molecule has 1 aliphatic rings. The lowest BCUT2D eigenvalue weighted by Gasteiger charge is -2.19. The number of nitrogens with two attached hydrogens (primary N) is 1. The summed E-state index contributed by atoms with van der Waals surface area (Å²) in [5.74, 6) is 0.849. The molecule has 0 saturated heterocycles. The number of nitrogen functional groups attached to an aromatic ring is 1. The first-order valence-corrected chi connectivity index (χ1v) is 6.40. The van der Waals surface area contributed by atoms with E-state index in [1.807, 2.05) is 0 Å². The molecule has 1 saturated carbocycles. The third-order valence-electron chi connectivity index (χ3n) is 3.41. The van der Waals surface area contributed by atoms with Gasteiger partial charge in [-0.1, -0.05) is 19.8 Å². The lowest BCUT2D eigenvalue weighted by Crippen LogP contribution is -2.19. The van der Waals surface area contributed by atoms with Gasteiger partial charge in [-0.15, -0.1) is 0 Å². The number of benzene rings is 1. The van der Waals surface area contributed by atoms with Gasteiger partial charge in [0.2, 0.25) is 0 Å². The summed E-state index contributed by atoms with van der Waals surface area (Å²) >= 11 is 0. The van der Waals surface area contributed by atoms with Gasteiger partial charge < -0.3 is 11.1 Å². The van der Waals surface area contributed by atoms with Crippen LogP contribution in [-0.2, 0) is 0 Å². The number of rotatable bonds is 6. The fourth-order valence-electron chi connectivity index (χ4n) is 2.10. The van der Waals surface area contributed by atoms with Crippen LogP contribution in [0.1, 0.15) is 32.6 Å². The van der Waals surface area contributed by atoms with E-state index in [4.69, 9.17) is 5.73 Å². The lowest BCUT2D eigenvalue weighted by atomic mass is 10.1. The smallest absolute Gasteiger partial charge is 0.271 e. The molecule has 5 nitrogen and oxygen atoms in total. The number of nitrogens with one attached hydrogen (secondary N) is 1. The summed E-state index contributed by atoms with van der Waals surface area (Å²) in [7, 11) is 0. The normalized spacial score (nSPS) is 16.3. The van der Waals surface area contributed by atoms with Gasteiger partial charge in [0.25, 0.3) is 5.69 Å². The van der Waals surface area contributed by atoms with E-state index in [0.717, 1.165) is 24.4 Å². The van der Waals surface area contributed by atoms with Gasteiger partial charge in [0.15, 0.2) is 0 Å². The van der Waals surface area contributed by atoms with Gasteiger partial charge in [0.1, 0.15) is 0 Å². The molecular weight excluding hydrogens is 230 g/mol. The second-order valence-corrected chi connectivity index (χ2v) is 4.96. The Hall–Kier alpha value is -1.78. The second-order valence-electron chi connectivity index (χ2n) is 4.96. The Kier molecular flexibility index (Phi) is 3.69. The average Bonchev–Trinajstić information content (AvgIpc) is 3.14. The number of nitro groups is 1. The van der Waals surface area contributed by atoms with Crippen molar-refractivity contribution in [1.29, 1.82) is 0 Å². The first-order valence-electron chi connectivity index (χ1n) is 6.40. The zero-order valence-electron chi connectivity index (χ0n) is 10.6. The fraction of sp³-hybridized carbons (Fsp3) is 0.538. The van der Waals surface area contributed by atoms with E-state index in [-0.39, 0.29) is 5.69 Å². The number of hydrogen-bond acceptors (Lipinski definition) is 4.